The van der Waals surface area contributed by atoms with E-state index in [1.165, 1.54) is 16.7 Å². The fourth-order valence-electron chi connectivity index (χ4n) is 2.88. The van der Waals surface area contributed by atoms with Gasteiger partial charge in [-0.15, -0.1) is 0 Å². The maximum Gasteiger partial charge on any atom is 0.257 e. The SMILES string of the molecule is NC(=O)c1cscc1C(=O)Nc1cccc(NC(=O)c2cccn3nccc23)c1. The zero-order chi connectivity index (χ0) is 20.4. The molecule has 0 fully saturated rings. The number of hydrogen-bond acceptors (Lipinski definition) is 5. The molecule has 0 unspecified atom stereocenters. The Morgan fingerprint density at radius 3 is 2.31 bits per heavy atom. The average molecular weight is 405 g/mol. The summed E-state index contributed by atoms with van der Waals surface area (Å²) in [4.78, 5) is 36.6. The summed E-state index contributed by atoms with van der Waals surface area (Å²) in [5.74, 6) is -1.41. The number of pyridine rings is 1. The Balaban J connectivity index is 1.52. The predicted octanol–water partition coefficient (Wildman–Crippen LogP) is 3.00. The second-order valence-electron chi connectivity index (χ2n) is 6.14. The van der Waals surface area contributed by atoms with E-state index in [-0.39, 0.29) is 17.0 Å². The van der Waals surface area contributed by atoms with Gasteiger partial charge in [0.05, 0.1) is 28.4 Å². The van der Waals surface area contributed by atoms with Crippen LogP contribution in [0, 0.1) is 0 Å². The van der Waals surface area contributed by atoms with Gasteiger partial charge >= 0.3 is 0 Å². The van der Waals surface area contributed by atoms with Gasteiger partial charge < -0.3 is 16.4 Å². The standard InChI is InChI=1S/C20H15N5O3S/c21-18(26)15-10-29-11-16(15)20(28)24-13-4-1-3-12(9-13)23-19(27)14-5-2-8-25-17(14)6-7-22-25/h1-11H,(H2,21,26)(H,23,27)(H,24,28). The highest BCUT2D eigenvalue weighted by Gasteiger charge is 2.17. The minimum absolute atomic E-state index is 0.172. The van der Waals surface area contributed by atoms with Crippen LogP contribution < -0.4 is 16.4 Å². The first-order valence-corrected chi connectivity index (χ1v) is 9.48. The molecule has 0 spiro atoms. The third-order valence-electron chi connectivity index (χ3n) is 4.23. The van der Waals surface area contributed by atoms with Crippen LogP contribution in [-0.4, -0.2) is 27.3 Å². The van der Waals surface area contributed by atoms with Crippen molar-refractivity contribution in [3.05, 3.63) is 82.3 Å². The van der Waals surface area contributed by atoms with E-state index in [2.05, 4.69) is 15.7 Å². The molecule has 9 heteroatoms. The molecule has 0 aliphatic heterocycles. The molecule has 0 bridgehead atoms. The van der Waals surface area contributed by atoms with Crippen molar-refractivity contribution >= 4 is 45.9 Å². The third kappa shape index (κ3) is 3.71. The molecule has 4 rings (SSSR count). The smallest absolute Gasteiger partial charge is 0.257 e. The van der Waals surface area contributed by atoms with Crippen molar-refractivity contribution in [3.8, 4) is 0 Å². The number of nitrogens with zero attached hydrogens (tertiary/aromatic N) is 2. The molecule has 0 radical (unpaired) electrons. The summed E-state index contributed by atoms with van der Waals surface area (Å²) in [6.07, 6.45) is 3.38. The first kappa shape index (κ1) is 18.4. The van der Waals surface area contributed by atoms with E-state index in [9.17, 15) is 14.4 Å². The van der Waals surface area contributed by atoms with Crippen molar-refractivity contribution in [2.75, 3.05) is 10.6 Å². The number of aromatic nitrogens is 2. The molecule has 0 aliphatic carbocycles. The number of benzene rings is 1. The fourth-order valence-corrected chi connectivity index (χ4v) is 3.70. The Labute approximate surface area is 169 Å². The number of fused-ring (bicyclic) bond motifs is 1. The molecule has 1 aromatic carbocycles. The Kier molecular flexibility index (Phi) is 4.80. The lowest BCUT2D eigenvalue weighted by molar-refractivity contribution is 0.0978. The van der Waals surface area contributed by atoms with Gasteiger partial charge in [0.25, 0.3) is 11.8 Å². The van der Waals surface area contributed by atoms with Crippen LogP contribution in [-0.2, 0) is 0 Å². The van der Waals surface area contributed by atoms with Crippen LogP contribution in [0.3, 0.4) is 0 Å². The lowest BCUT2D eigenvalue weighted by Crippen LogP contribution is -2.19. The van der Waals surface area contributed by atoms with E-state index in [0.29, 0.717) is 22.5 Å². The summed E-state index contributed by atoms with van der Waals surface area (Å²) < 4.78 is 1.61. The molecule has 0 saturated carbocycles. The van der Waals surface area contributed by atoms with E-state index < -0.39 is 11.8 Å². The van der Waals surface area contributed by atoms with Crippen LogP contribution in [0.1, 0.15) is 31.1 Å². The van der Waals surface area contributed by atoms with Crippen LogP contribution in [0.25, 0.3) is 5.52 Å². The van der Waals surface area contributed by atoms with E-state index in [1.807, 2.05) is 0 Å². The van der Waals surface area contributed by atoms with Gasteiger partial charge in [-0.05, 0) is 36.4 Å². The molecule has 3 amide bonds. The molecule has 144 valence electrons. The van der Waals surface area contributed by atoms with Gasteiger partial charge in [-0.2, -0.15) is 16.4 Å². The van der Waals surface area contributed by atoms with Gasteiger partial charge in [0.2, 0.25) is 5.91 Å². The maximum atomic E-state index is 12.7. The van der Waals surface area contributed by atoms with Gasteiger partial charge in [-0.25, -0.2) is 4.52 Å². The number of nitrogens with two attached hydrogens (primary N) is 1. The van der Waals surface area contributed by atoms with Crippen LogP contribution in [0.4, 0.5) is 11.4 Å². The highest BCUT2D eigenvalue weighted by atomic mass is 32.1. The number of primary amides is 1. The number of carbonyl (C=O) groups excluding carboxylic acids is 3. The van der Waals surface area contributed by atoms with Gasteiger partial charge in [-0.3, -0.25) is 14.4 Å². The lowest BCUT2D eigenvalue weighted by Gasteiger charge is -2.10. The third-order valence-corrected chi connectivity index (χ3v) is 4.97. The predicted molar refractivity (Wildman–Crippen MR) is 110 cm³/mol. The first-order chi connectivity index (χ1) is 14.0. The summed E-state index contributed by atoms with van der Waals surface area (Å²) in [5.41, 5.74) is 7.81. The van der Waals surface area contributed by atoms with Gasteiger partial charge in [0.1, 0.15) is 0 Å². The monoisotopic (exact) mass is 405 g/mol. The van der Waals surface area contributed by atoms with Crippen LogP contribution in [0.15, 0.2) is 65.6 Å². The van der Waals surface area contributed by atoms with Crippen molar-refractivity contribution in [1.29, 1.82) is 0 Å². The highest BCUT2D eigenvalue weighted by Crippen LogP contribution is 2.20. The van der Waals surface area contributed by atoms with Crippen LogP contribution in [0.5, 0.6) is 0 Å². The number of hydrogen-bond donors (Lipinski definition) is 3. The molecule has 3 heterocycles. The molecule has 29 heavy (non-hydrogen) atoms. The van der Waals surface area contributed by atoms with Crippen molar-refractivity contribution in [2.24, 2.45) is 5.73 Å². The van der Waals surface area contributed by atoms with E-state index in [4.69, 9.17) is 5.73 Å². The zero-order valence-electron chi connectivity index (χ0n) is 15.0. The summed E-state index contributed by atoms with van der Waals surface area (Å²) in [6, 6.07) is 11.9. The van der Waals surface area contributed by atoms with Gasteiger partial charge in [-0.1, -0.05) is 6.07 Å². The molecule has 4 aromatic rings. The number of amides is 3. The Morgan fingerprint density at radius 2 is 1.59 bits per heavy atom. The van der Waals surface area contributed by atoms with Crippen LogP contribution in [0.2, 0.25) is 0 Å². The molecular formula is C20H15N5O3S. The van der Waals surface area contributed by atoms with Crippen LogP contribution >= 0.6 is 11.3 Å². The molecular weight excluding hydrogens is 390 g/mol. The number of thiophene rings is 1. The molecule has 0 aliphatic rings. The normalized spacial score (nSPS) is 10.6. The number of carbonyl (C=O) groups is 3. The number of anilines is 2. The van der Waals surface area contributed by atoms with E-state index in [1.54, 1.807) is 64.8 Å². The molecule has 0 saturated heterocycles. The Bertz CT molecular complexity index is 1240. The molecule has 0 atom stereocenters. The van der Waals surface area contributed by atoms with Crippen molar-refractivity contribution < 1.29 is 14.4 Å². The molecule has 8 nitrogen and oxygen atoms in total. The summed E-state index contributed by atoms with van der Waals surface area (Å²) >= 11 is 1.22. The second kappa shape index (κ2) is 7.56. The van der Waals surface area contributed by atoms with Crippen molar-refractivity contribution in [2.45, 2.75) is 0 Å². The first-order valence-electron chi connectivity index (χ1n) is 8.54. The molecule has 3 aromatic heterocycles. The average Bonchev–Trinajstić information content (AvgIpc) is 3.37. The highest BCUT2D eigenvalue weighted by molar-refractivity contribution is 7.08. The topological polar surface area (TPSA) is 119 Å². The lowest BCUT2D eigenvalue weighted by atomic mass is 10.1. The second-order valence-corrected chi connectivity index (χ2v) is 6.88. The van der Waals surface area contributed by atoms with Gasteiger partial charge in [0, 0.05) is 28.3 Å². The van der Waals surface area contributed by atoms with E-state index >= 15 is 0 Å². The summed E-state index contributed by atoms with van der Waals surface area (Å²) in [5, 5.41) is 12.7. The quantitative estimate of drug-likeness (QED) is 0.473. The minimum atomic E-state index is -0.661. The van der Waals surface area contributed by atoms with Gasteiger partial charge in [0.15, 0.2) is 0 Å². The zero-order valence-corrected chi connectivity index (χ0v) is 15.8. The largest absolute Gasteiger partial charge is 0.366 e. The number of rotatable bonds is 5. The Morgan fingerprint density at radius 1 is 0.897 bits per heavy atom. The summed E-state index contributed by atoms with van der Waals surface area (Å²) in [7, 11) is 0. The van der Waals surface area contributed by atoms with E-state index in [0.717, 1.165) is 0 Å². The summed E-state index contributed by atoms with van der Waals surface area (Å²) in [6.45, 7) is 0. The maximum absolute atomic E-state index is 12.7. The molecule has 4 N–H and O–H groups in total. The minimum Gasteiger partial charge on any atom is -0.366 e. The number of nitrogens with one attached hydrogen (secondary N) is 2. The van der Waals surface area contributed by atoms with Crippen molar-refractivity contribution in [3.63, 3.8) is 0 Å². The fraction of sp³-hybridized carbons (Fsp3) is 0. The Hall–Kier alpha value is -3.98. The van der Waals surface area contributed by atoms with Crippen molar-refractivity contribution in [1.82, 2.24) is 9.61 Å².